The van der Waals surface area contributed by atoms with Crippen molar-refractivity contribution in [1.82, 2.24) is 5.32 Å². The lowest BCUT2D eigenvalue weighted by molar-refractivity contribution is -0.121. The third-order valence-corrected chi connectivity index (χ3v) is 3.60. The summed E-state index contributed by atoms with van der Waals surface area (Å²) < 4.78 is 0. The van der Waals surface area contributed by atoms with Gasteiger partial charge in [0.05, 0.1) is 6.04 Å². The summed E-state index contributed by atoms with van der Waals surface area (Å²) in [5.41, 5.74) is 1.15. The van der Waals surface area contributed by atoms with Crippen molar-refractivity contribution < 1.29 is 4.79 Å². The van der Waals surface area contributed by atoms with Crippen molar-refractivity contribution in [3.8, 4) is 0 Å². The Labute approximate surface area is 118 Å². The Morgan fingerprint density at radius 3 is 2.56 bits per heavy atom. The molecule has 0 spiro atoms. The average Bonchev–Trinajstić information content (AvgIpc) is 2.42. The summed E-state index contributed by atoms with van der Waals surface area (Å²) >= 11 is 3.46. The minimum atomic E-state index is 0.0740. The van der Waals surface area contributed by atoms with E-state index in [0.29, 0.717) is 6.42 Å². The van der Waals surface area contributed by atoms with Gasteiger partial charge in [-0.2, -0.15) is 0 Å². The number of nitrogens with one attached hydrogen (secondary N) is 1. The molecule has 0 aromatic heterocycles. The molecule has 1 rings (SSSR count). The van der Waals surface area contributed by atoms with Crippen molar-refractivity contribution in [3.63, 3.8) is 0 Å². The summed E-state index contributed by atoms with van der Waals surface area (Å²) in [6.45, 7) is 2.18. The minimum absolute atomic E-state index is 0.0740. The van der Waals surface area contributed by atoms with Gasteiger partial charge in [-0.05, 0) is 12.0 Å². The first-order valence-corrected chi connectivity index (χ1v) is 7.80. The number of carbonyl (C=O) groups is 1. The topological polar surface area (TPSA) is 29.1 Å². The van der Waals surface area contributed by atoms with Crippen molar-refractivity contribution in [2.75, 3.05) is 5.33 Å². The molecule has 0 aliphatic carbocycles. The van der Waals surface area contributed by atoms with Gasteiger partial charge in [0.2, 0.25) is 5.91 Å². The number of carbonyl (C=O) groups excluding carboxylic acids is 1. The van der Waals surface area contributed by atoms with E-state index >= 15 is 0 Å². The first-order valence-electron chi connectivity index (χ1n) is 6.68. The first-order chi connectivity index (χ1) is 8.77. The number of amides is 1. The van der Waals surface area contributed by atoms with Crippen molar-refractivity contribution in [2.45, 2.75) is 45.1 Å². The van der Waals surface area contributed by atoms with Gasteiger partial charge in [0, 0.05) is 11.8 Å². The molecule has 2 nitrogen and oxygen atoms in total. The number of alkyl halides is 1. The highest BCUT2D eigenvalue weighted by Crippen LogP contribution is 2.15. The maximum Gasteiger partial charge on any atom is 0.220 e. The molecule has 0 radical (unpaired) electrons. The fourth-order valence-corrected chi connectivity index (χ4v) is 2.41. The summed E-state index contributed by atoms with van der Waals surface area (Å²) in [5, 5.41) is 3.82. The number of halogens is 1. The summed E-state index contributed by atoms with van der Waals surface area (Å²) in [6, 6.07) is 10.1. The highest BCUT2D eigenvalue weighted by molar-refractivity contribution is 9.09. The minimum Gasteiger partial charge on any atom is -0.348 e. The van der Waals surface area contributed by atoms with Crippen LogP contribution in [0.25, 0.3) is 0 Å². The van der Waals surface area contributed by atoms with E-state index in [9.17, 15) is 4.79 Å². The fourth-order valence-electron chi connectivity index (χ4n) is 1.88. The van der Waals surface area contributed by atoms with Gasteiger partial charge in [-0.25, -0.2) is 0 Å². The molecular formula is C15H22BrNO. The maximum absolute atomic E-state index is 11.8. The van der Waals surface area contributed by atoms with Crippen molar-refractivity contribution in [2.24, 2.45) is 0 Å². The predicted octanol–water partition coefficient (Wildman–Crippen LogP) is 4.21. The van der Waals surface area contributed by atoms with E-state index < -0.39 is 0 Å². The van der Waals surface area contributed by atoms with Crippen LogP contribution in [0.3, 0.4) is 0 Å². The second kappa shape index (κ2) is 9.15. The van der Waals surface area contributed by atoms with Crippen LogP contribution in [-0.2, 0) is 4.79 Å². The van der Waals surface area contributed by atoms with E-state index in [4.69, 9.17) is 0 Å². The highest BCUT2D eigenvalue weighted by atomic mass is 79.9. The summed E-state index contributed by atoms with van der Waals surface area (Å²) in [7, 11) is 0. The van der Waals surface area contributed by atoms with Gasteiger partial charge in [-0.1, -0.05) is 72.4 Å². The molecule has 1 aromatic carbocycles. The molecule has 0 bridgehead atoms. The molecule has 3 heteroatoms. The standard InChI is InChI=1S/C15H22BrNO/c1-2-3-4-8-11-15(18)17-14(12-16)13-9-6-5-7-10-13/h5-7,9-10,14H,2-4,8,11-12H2,1H3,(H,17,18). The molecule has 1 N–H and O–H groups in total. The molecule has 1 unspecified atom stereocenters. The lowest BCUT2D eigenvalue weighted by Gasteiger charge is -2.16. The van der Waals surface area contributed by atoms with Gasteiger partial charge in [-0.15, -0.1) is 0 Å². The number of hydrogen-bond acceptors (Lipinski definition) is 1. The van der Waals surface area contributed by atoms with Crippen LogP contribution in [0, 0.1) is 0 Å². The molecule has 0 saturated heterocycles. The predicted molar refractivity (Wildman–Crippen MR) is 79.9 cm³/mol. The lowest BCUT2D eigenvalue weighted by atomic mass is 10.1. The molecular weight excluding hydrogens is 290 g/mol. The van der Waals surface area contributed by atoms with Crippen LogP contribution in [0.1, 0.15) is 50.6 Å². The van der Waals surface area contributed by atoms with Crippen molar-refractivity contribution in [1.29, 1.82) is 0 Å². The molecule has 1 aromatic rings. The molecule has 0 fully saturated rings. The number of unbranched alkanes of at least 4 members (excludes halogenated alkanes) is 3. The zero-order valence-electron chi connectivity index (χ0n) is 11.0. The monoisotopic (exact) mass is 311 g/mol. The Morgan fingerprint density at radius 1 is 1.22 bits per heavy atom. The van der Waals surface area contributed by atoms with E-state index in [1.165, 1.54) is 12.8 Å². The highest BCUT2D eigenvalue weighted by Gasteiger charge is 2.12. The molecule has 1 amide bonds. The Morgan fingerprint density at radius 2 is 1.94 bits per heavy atom. The molecule has 18 heavy (non-hydrogen) atoms. The maximum atomic E-state index is 11.8. The molecule has 0 aliphatic rings. The normalized spacial score (nSPS) is 12.1. The molecule has 0 heterocycles. The lowest BCUT2D eigenvalue weighted by Crippen LogP contribution is -2.29. The van der Waals surface area contributed by atoms with Crippen molar-refractivity contribution >= 4 is 21.8 Å². The first kappa shape index (κ1) is 15.2. The van der Waals surface area contributed by atoms with Crippen molar-refractivity contribution in [3.05, 3.63) is 35.9 Å². The Hall–Kier alpha value is -0.830. The van der Waals surface area contributed by atoms with Crippen LogP contribution in [0.2, 0.25) is 0 Å². The van der Waals surface area contributed by atoms with Crippen LogP contribution in [-0.4, -0.2) is 11.2 Å². The van der Waals surface area contributed by atoms with Crippen LogP contribution in [0.15, 0.2) is 30.3 Å². The zero-order chi connectivity index (χ0) is 13.2. The van der Waals surface area contributed by atoms with Gasteiger partial charge in [0.25, 0.3) is 0 Å². The second-order valence-corrected chi connectivity index (χ2v) is 5.14. The van der Waals surface area contributed by atoms with Crippen LogP contribution < -0.4 is 5.32 Å². The smallest absolute Gasteiger partial charge is 0.220 e. The number of hydrogen-bond donors (Lipinski definition) is 1. The Kier molecular flexibility index (Phi) is 7.74. The quantitative estimate of drug-likeness (QED) is 0.565. The number of rotatable bonds is 8. The zero-order valence-corrected chi connectivity index (χ0v) is 12.6. The van der Waals surface area contributed by atoms with Gasteiger partial charge in [0.15, 0.2) is 0 Å². The third-order valence-electron chi connectivity index (χ3n) is 2.95. The average molecular weight is 312 g/mol. The van der Waals surface area contributed by atoms with E-state index in [-0.39, 0.29) is 11.9 Å². The summed E-state index contributed by atoms with van der Waals surface area (Å²) in [5.74, 6) is 0.152. The third kappa shape index (κ3) is 5.67. The molecule has 1 atom stereocenters. The van der Waals surface area contributed by atoms with Crippen LogP contribution in [0.4, 0.5) is 0 Å². The van der Waals surface area contributed by atoms with Gasteiger partial charge >= 0.3 is 0 Å². The largest absolute Gasteiger partial charge is 0.348 e. The molecule has 0 aliphatic heterocycles. The van der Waals surface area contributed by atoms with E-state index in [0.717, 1.165) is 23.7 Å². The fraction of sp³-hybridized carbons (Fsp3) is 0.533. The van der Waals surface area contributed by atoms with E-state index in [2.05, 4.69) is 28.2 Å². The van der Waals surface area contributed by atoms with E-state index in [1.807, 2.05) is 30.3 Å². The van der Waals surface area contributed by atoms with E-state index in [1.54, 1.807) is 0 Å². The number of benzene rings is 1. The Bertz CT molecular complexity index is 340. The van der Waals surface area contributed by atoms with Crippen LogP contribution in [0.5, 0.6) is 0 Å². The summed E-state index contributed by atoms with van der Waals surface area (Å²) in [6.07, 6.45) is 5.19. The second-order valence-electron chi connectivity index (χ2n) is 4.50. The SMILES string of the molecule is CCCCCCC(=O)NC(CBr)c1ccccc1. The Balaban J connectivity index is 2.37. The van der Waals surface area contributed by atoms with Crippen LogP contribution >= 0.6 is 15.9 Å². The van der Waals surface area contributed by atoms with Gasteiger partial charge in [-0.3, -0.25) is 4.79 Å². The van der Waals surface area contributed by atoms with Gasteiger partial charge in [0.1, 0.15) is 0 Å². The summed E-state index contributed by atoms with van der Waals surface area (Å²) in [4.78, 5) is 11.8. The van der Waals surface area contributed by atoms with Gasteiger partial charge < -0.3 is 5.32 Å². The molecule has 100 valence electrons. The molecule has 0 saturated carbocycles.